The molecule has 2 rings (SSSR count). The summed E-state index contributed by atoms with van der Waals surface area (Å²) in [7, 11) is 0. The summed E-state index contributed by atoms with van der Waals surface area (Å²) in [5.41, 5.74) is 5.94. The number of carbonyl (C=O) groups excluding carboxylic acids is 1. The third kappa shape index (κ3) is 2.93. The Morgan fingerprint density at radius 1 is 1.05 bits per heavy atom. The lowest BCUT2D eigenvalue weighted by molar-refractivity contribution is 0.256. The number of aromatic hydroxyl groups is 1. The second-order valence-electron chi connectivity index (χ2n) is 3.91. The molecular formula is C13H9Cl3N2O2. The van der Waals surface area contributed by atoms with Crippen molar-refractivity contribution in [1.82, 2.24) is 0 Å². The minimum Gasteiger partial charge on any atom is -0.506 e. The second kappa shape index (κ2) is 5.79. The van der Waals surface area contributed by atoms with Gasteiger partial charge in [-0.3, -0.25) is 4.90 Å². The van der Waals surface area contributed by atoms with E-state index in [4.69, 9.17) is 40.5 Å². The number of urea groups is 1. The predicted octanol–water partition coefficient (Wildman–Crippen LogP) is 4.57. The SMILES string of the molecule is NC(=O)N(c1ccc(Cl)c(Cl)c1)c1ccc(Cl)cc1O. The number of phenolic OH excluding ortho intramolecular Hbond substituents is 1. The van der Waals surface area contributed by atoms with E-state index in [1.54, 1.807) is 6.07 Å². The maximum atomic E-state index is 11.7. The van der Waals surface area contributed by atoms with E-state index in [1.165, 1.54) is 30.3 Å². The second-order valence-corrected chi connectivity index (χ2v) is 5.16. The molecular weight excluding hydrogens is 323 g/mol. The van der Waals surface area contributed by atoms with Crippen molar-refractivity contribution in [3.05, 3.63) is 51.5 Å². The molecule has 2 aromatic rings. The van der Waals surface area contributed by atoms with E-state index in [0.29, 0.717) is 15.7 Å². The van der Waals surface area contributed by atoms with Crippen LogP contribution in [0.4, 0.5) is 16.2 Å². The van der Waals surface area contributed by atoms with Crippen molar-refractivity contribution in [3.8, 4) is 5.75 Å². The van der Waals surface area contributed by atoms with Crippen LogP contribution < -0.4 is 10.6 Å². The molecule has 0 unspecified atom stereocenters. The summed E-state index contributed by atoms with van der Waals surface area (Å²) < 4.78 is 0. The average molecular weight is 332 g/mol. The Kier molecular flexibility index (Phi) is 4.28. The van der Waals surface area contributed by atoms with Gasteiger partial charge in [0.1, 0.15) is 5.75 Å². The van der Waals surface area contributed by atoms with Crippen molar-refractivity contribution >= 4 is 52.2 Å². The maximum absolute atomic E-state index is 11.7. The topological polar surface area (TPSA) is 66.6 Å². The lowest BCUT2D eigenvalue weighted by Gasteiger charge is -2.22. The summed E-state index contributed by atoms with van der Waals surface area (Å²) in [5, 5.41) is 10.9. The van der Waals surface area contributed by atoms with Crippen LogP contribution in [-0.4, -0.2) is 11.1 Å². The molecule has 3 N–H and O–H groups in total. The molecule has 0 aromatic heterocycles. The molecule has 104 valence electrons. The van der Waals surface area contributed by atoms with Crippen molar-refractivity contribution in [3.63, 3.8) is 0 Å². The summed E-state index contributed by atoms with van der Waals surface area (Å²) in [6.45, 7) is 0. The number of phenols is 1. The van der Waals surface area contributed by atoms with Crippen LogP contribution in [0.15, 0.2) is 36.4 Å². The molecule has 0 heterocycles. The van der Waals surface area contributed by atoms with Crippen molar-refractivity contribution in [2.24, 2.45) is 5.73 Å². The molecule has 0 aliphatic rings. The number of hydrogen-bond donors (Lipinski definition) is 2. The first-order chi connectivity index (χ1) is 9.40. The average Bonchev–Trinajstić information content (AvgIpc) is 2.36. The van der Waals surface area contributed by atoms with Crippen LogP contribution in [0.5, 0.6) is 5.75 Å². The number of primary amides is 1. The van der Waals surface area contributed by atoms with Crippen LogP contribution in [0.3, 0.4) is 0 Å². The monoisotopic (exact) mass is 330 g/mol. The number of hydrogen-bond acceptors (Lipinski definition) is 2. The van der Waals surface area contributed by atoms with Gasteiger partial charge in [0.15, 0.2) is 0 Å². The first kappa shape index (κ1) is 14.8. The summed E-state index contributed by atoms with van der Waals surface area (Å²) in [5.74, 6) is -0.178. The first-order valence-corrected chi connectivity index (χ1v) is 6.56. The highest BCUT2D eigenvalue weighted by atomic mass is 35.5. The normalized spacial score (nSPS) is 10.3. The molecule has 0 aliphatic heterocycles. The van der Waals surface area contributed by atoms with E-state index in [0.717, 1.165) is 4.90 Å². The molecule has 0 aliphatic carbocycles. The Hall–Kier alpha value is -1.62. The highest BCUT2D eigenvalue weighted by Gasteiger charge is 2.19. The summed E-state index contributed by atoms with van der Waals surface area (Å²) in [6, 6.07) is 8.11. The van der Waals surface area contributed by atoms with Gasteiger partial charge in [-0.2, -0.15) is 0 Å². The number of rotatable bonds is 2. The number of anilines is 2. The molecule has 20 heavy (non-hydrogen) atoms. The predicted molar refractivity (Wildman–Crippen MR) is 81.3 cm³/mol. The van der Waals surface area contributed by atoms with E-state index >= 15 is 0 Å². The van der Waals surface area contributed by atoms with Gasteiger partial charge < -0.3 is 10.8 Å². The first-order valence-electron chi connectivity index (χ1n) is 5.43. The van der Waals surface area contributed by atoms with E-state index in [-0.39, 0.29) is 16.5 Å². The molecule has 0 saturated carbocycles. The molecule has 2 aromatic carbocycles. The van der Waals surface area contributed by atoms with E-state index in [2.05, 4.69) is 0 Å². The van der Waals surface area contributed by atoms with Crippen molar-refractivity contribution in [1.29, 1.82) is 0 Å². The summed E-state index contributed by atoms with van der Waals surface area (Å²) in [6.07, 6.45) is 0. The third-order valence-electron chi connectivity index (χ3n) is 2.56. The number of amides is 2. The molecule has 0 spiro atoms. The van der Waals surface area contributed by atoms with Gasteiger partial charge in [0, 0.05) is 11.1 Å². The van der Waals surface area contributed by atoms with Gasteiger partial charge in [-0.15, -0.1) is 0 Å². The fraction of sp³-hybridized carbons (Fsp3) is 0. The van der Waals surface area contributed by atoms with Gasteiger partial charge in [-0.1, -0.05) is 34.8 Å². The Balaban J connectivity index is 2.56. The lowest BCUT2D eigenvalue weighted by atomic mass is 10.2. The zero-order valence-electron chi connectivity index (χ0n) is 9.98. The van der Waals surface area contributed by atoms with E-state index in [9.17, 15) is 9.90 Å². The van der Waals surface area contributed by atoms with Gasteiger partial charge in [-0.25, -0.2) is 4.79 Å². The van der Waals surface area contributed by atoms with Crippen molar-refractivity contribution in [2.45, 2.75) is 0 Å². The highest BCUT2D eigenvalue weighted by molar-refractivity contribution is 6.42. The van der Waals surface area contributed by atoms with Crippen LogP contribution in [0.1, 0.15) is 0 Å². The van der Waals surface area contributed by atoms with Gasteiger partial charge in [-0.05, 0) is 30.3 Å². The van der Waals surface area contributed by atoms with E-state index in [1.807, 2.05) is 0 Å². The summed E-state index contributed by atoms with van der Waals surface area (Å²) in [4.78, 5) is 12.8. The van der Waals surface area contributed by atoms with Crippen molar-refractivity contribution < 1.29 is 9.90 Å². The Labute approximate surface area is 130 Å². The molecule has 7 heteroatoms. The minimum atomic E-state index is -0.777. The molecule has 2 amide bonds. The zero-order chi connectivity index (χ0) is 14.9. The smallest absolute Gasteiger partial charge is 0.324 e. The van der Waals surface area contributed by atoms with Gasteiger partial charge in [0.25, 0.3) is 0 Å². The van der Waals surface area contributed by atoms with Gasteiger partial charge in [0.05, 0.1) is 21.4 Å². The fourth-order valence-corrected chi connectivity index (χ4v) is 2.15. The Morgan fingerprint density at radius 2 is 1.75 bits per heavy atom. The molecule has 0 fully saturated rings. The molecule has 0 bridgehead atoms. The van der Waals surface area contributed by atoms with E-state index < -0.39 is 6.03 Å². The van der Waals surface area contributed by atoms with Crippen LogP contribution in [0.25, 0.3) is 0 Å². The molecule has 4 nitrogen and oxygen atoms in total. The van der Waals surface area contributed by atoms with Gasteiger partial charge in [0.2, 0.25) is 0 Å². The largest absolute Gasteiger partial charge is 0.506 e. The fourth-order valence-electron chi connectivity index (χ4n) is 1.69. The summed E-state index contributed by atoms with van der Waals surface area (Å²) >= 11 is 17.5. The third-order valence-corrected chi connectivity index (χ3v) is 3.53. The highest BCUT2D eigenvalue weighted by Crippen LogP contribution is 2.36. The number of benzene rings is 2. The molecule has 0 radical (unpaired) electrons. The van der Waals surface area contributed by atoms with Crippen LogP contribution in [0, 0.1) is 0 Å². The number of nitrogens with zero attached hydrogens (tertiary/aromatic N) is 1. The zero-order valence-corrected chi connectivity index (χ0v) is 12.2. The Bertz CT molecular complexity index is 677. The van der Waals surface area contributed by atoms with Crippen LogP contribution in [0.2, 0.25) is 15.1 Å². The number of halogens is 3. The van der Waals surface area contributed by atoms with Crippen LogP contribution >= 0.6 is 34.8 Å². The van der Waals surface area contributed by atoms with Crippen LogP contribution in [-0.2, 0) is 0 Å². The Morgan fingerprint density at radius 3 is 2.30 bits per heavy atom. The van der Waals surface area contributed by atoms with Crippen molar-refractivity contribution in [2.75, 3.05) is 4.90 Å². The number of nitrogens with two attached hydrogens (primary N) is 1. The minimum absolute atomic E-state index is 0.178. The maximum Gasteiger partial charge on any atom is 0.324 e. The molecule has 0 saturated heterocycles. The van der Waals surface area contributed by atoms with Gasteiger partial charge >= 0.3 is 6.03 Å². The quantitative estimate of drug-likeness (QED) is 0.846. The number of carbonyl (C=O) groups is 1. The molecule has 0 atom stereocenters. The lowest BCUT2D eigenvalue weighted by Crippen LogP contribution is -2.31. The standard InChI is InChI=1S/C13H9Cl3N2O2/c14-7-1-4-11(12(19)5-7)18(13(17)20)8-2-3-9(15)10(16)6-8/h1-6,19H,(H2,17,20).